The van der Waals surface area contributed by atoms with Crippen LogP contribution in [0.1, 0.15) is 49.3 Å². The highest BCUT2D eigenvalue weighted by Gasteiger charge is 2.46. The Balaban J connectivity index is 1.22. The number of nitrogens with zero attached hydrogens (tertiary/aromatic N) is 3. The Hall–Kier alpha value is -5.36. The van der Waals surface area contributed by atoms with Gasteiger partial charge < -0.3 is 14.1 Å². The van der Waals surface area contributed by atoms with Gasteiger partial charge in [0.1, 0.15) is 23.5 Å². The van der Waals surface area contributed by atoms with Crippen LogP contribution in [0.15, 0.2) is 120 Å². The molecule has 46 heavy (non-hydrogen) atoms. The zero-order valence-electron chi connectivity index (χ0n) is 26.1. The molecule has 0 bridgehead atoms. The van der Waals surface area contributed by atoms with Gasteiger partial charge in [0.25, 0.3) is 0 Å². The lowest BCUT2D eigenvalue weighted by atomic mass is 9.36. The molecule has 6 aromatic rings. The molecule has 1 atom stereocenters. The number of furan rings is 1. The first-order valence-electron chi connectivity index (χ1n) is 15.9. The van der Waals surface area contributed by atoms with Gasteiger partial charge in [-0.05, 0) is 76.5 Å². The van der Waals surface area contributed by atoms with Crippen molar-refractivity contribution in [2.45, 2.75) is 38.5 Å². The third kappa shape index (κ3) is 4.17. The van der Waals surface area contributed by atoms with E-state index in [9.17, 15) is 0 Å². The molecular formula is C40H32BN3O2. The number of rotatable bonds is 3. The predicted octanol–water partition coefficient (Wildman–Crippen LogP) is 7.79. The van der Waals surface area contributed by atoms with Gasteiger partial charge >= 0.3 is 6.71 Å². The van der Waals surface area contributed by atoms with Crippen LogP contribution in [0.2, 0.25) is 0 Å². The summed E-state index contributed by atoms with van der Waals surface area (Å²) in [6, 6.07) is 34.9. The number of para-hydroxylation sites is 1. The van der Waals surface area contributed by atoms with Gasteiger partial charge in [0.15, 0.2) is 5.75 Å². The molecule has 0 N–H and O–H groups in total. The van der Waals surface area contributed by atoms with E-state index in [-0.39, 0.29) is 18.0 Å². The van der Waals surface area contributed by atoms with Crippen LogP contribution in [0.5, 0.6) is 11.5 Å². The second-order valence-corrected chi connectivity index (χ2v) is 13.4. The third-order valence-corrected chi connectivity index (χ3v) is 9.63. The summed E-state index contributed by atoms with van der Waals surface area (Å²) in [4.78, 5) is 11.0. The zero-order chi connectivity index (χ0) is 31.0. The molecule has 0 radical (unpaired) electrons. The van der Waals surface area contributed by atoms with E-state index >= 15 is 0 Å². The van der Waals surface area contributed by atoms with Crippen LogP contribution < -0.4 is 26.2 Å². The van der Waals surface area contributed by atoms with Gasteiger partial charge in [-0.15, -0.1) is 0 Å². The van der Waals surface area contributed by atoms with E-state index in [0.29, 0.717) is 0 Å². The SMILES string of the molecule is CC(C)(C)c1ccc(-c2ccc3c(c2)N(c2ccccc2)c2cccc4c2B3c2oc3c(c2O4)CC(c2ccncn2)C=C3)cc1. The fraction of sp³-hybridized carbons (Fsp3) is 0.150. The highest BCUT2D eigenvalue weighted by atomic mass is 16.5. The van der Waals surface area contributed by atoms with Gasteiger partial charge in [-0.1, -0.05) is 87.5 Å². The molecule has 1 unspecified atom stereocenters. The van der Waals surface area contributed by atoms with Gasteiger partial charge in [-0.25, -0.2) is 9.97 Å². The number of benzene rings is 4. The number of ether oxygens (including phenoxy) is 1. The summed E-state index contributed by atoms with van der Waals surface area (Å²) in [7, 11) is 0. The van der Waals surface area contributed by atoms with Gasteiger partial charge in [0.2, 0.25) is 0 Å². The molecule has 4 heterocycles. The monoisotopic (exact) mass is 597 g/mol. The summed E-state index contributed by atoms with van der Waals surface area (Å²) in [5, 5.41) is 0. The van der Waals surface area contributed by atoms with Crippen molar-refractivity contribution in [2.24, 2.45) is 0 Å². The standard InChI is InChI=1S/C40H32BN3O2/c1-40(2,3)28-16-12-25(13-17-28)26-14-18-31-34(23-26)44(29-8-5-4-6-9-29)33-10-7-11-36-37(33)41(31)39-38(45-36)30-22-27(15-19-35(30)46-39)32-20-21-42-24-43-32/h4-21,23-24,27H,22H2,1-3H3. The molecule has 0 spiro atoms. The fourth-order valence-electron chi connectivity index (χ4n) is 7.28. The van der Waals surface area contributed by atoms with Gasteiger partial charge in [0, 0.05) is 40.2 Å². The van der Waals surface area contributed by atoms with Gasteiger partial charge in [-0.3, -0.25) is 0 Å². The van der Waals surface area contributed by atoms with E-state index in [2.05, 4.69) is 139 Å². The van der Waals surface area contributed by atoms with Crippen molar-refractivity contribution in [3.05, 3.63) is 138 Å². The van der Waals surface area contributed by atoms with Crippen LogP contribution in [0.25, 0.3) is 17.2 Å². The Labute approximate surface area is 269 Å². The highest BCUT2D eigenvalue weighted by Crippen LogP contribution is 2.44. The molecular weight excluding hydrogens is 565 g/mol. The van der Waals surface area contributed by atoms with Crippen molar-refractivity contribution < 1.29 is 9.15 Å². The average Bonchev–Trinajstić information content (AvgIpc) is 3.46. The molecule has 4 aromatic carbocycles. The Bertz CT molecular complexity index is 2150. The van der Waals surface area contributed by atoms with Crippen molar-refractivity contribution in [3.8, 4) is 22.6 Å². The Morgan fingerprint density at radius 2 is 1.67 bits per heavy atom. The second kappa shape index (κ2) is 10.1. The molecule has 2 aliphatic heterocycles. The van der Waals surface area contributed by atoms with E-state index < -0.39 is 0 Å². The van der Waals surface area contributed by atoms with Crippen molar-refractivity contribution in [2.75, 3.05) is 4.90 Å². The van der Waals surface area contributed by atoms with Crippen molar-refractivity contribution in [1.29, 1.82) is 0 Å². The van der Waals surface area contributed by atoms with Crippen molar-refractivity contribution >= 4 is 46.4 Å². The lowest BCUT2D eigenvalue weighted by Gasteiger charge is -2.39. The molecule has 2 aromatic heterocycles. The minimum atomic E-state index is -0.0984. The Kier molecular flexibility index (Phi) is 5.91. The third-order valence-electron chi connectivity index (χ3n) is 9.63. The number of allylic oxidation sites excluding steroid dienone is 1. The first-order valence-corrected chi connectivity index (χ1v) is 15.9. The molecule has 3 aliphatic rings. The lowest BCUT2D eigenvalue weighted by Crippen LogP contribution is -2.59. The number of fused-ring (bicyclic) bond motifs is 6. The topological polar surface area (TPSA) is 51.4 Å². The highest BCUT2D eigenvalue weighted by molar-refractivity contribution is 6.98. The molecule has 5 nitrogen and oxygen atoms in total. The maximum Gasteiger partial charge on any atom is 0.301 e. The molecule has 0 saturated carbocycles. The second-order valence-electron chi connectivity index (χ2n) is 13.4. The molecule has 9 rings (SSSR count). The minimum Gasteiger partial charge on any atom is -0.467 e. The summed E-state index contributed by atoms with van der Waals surface area (Å²) < 4.78 is 13.5. The molecule has 1 aliphatic carbocycles. The van der Waals surface area contributed by atoms with E-state index in [1.807, 2.05) is 6.07 Å². The molecule has 6 heteroatoms. The zero-order valence-corrected chi connectivity index (χ0v) is 26.1. The van der Waals surface area contributed by atoms with Gasteiger partial charge in [-0.2, -0.15) is 0 Å². The Morgan fingerprint density at radius 1 is 0.848 bits per heavy atom. The maximum absolute atomic E-state index is 6.79. The van der Waals surface area contributed by atoms with Crippen LogP contribution in [0, 0.1) is 0 Å². The number of aromatic nitrogens is 2. The van der Waals surface area contributed by atoms with Gasteiger partial charge in [0.05, 0.1) is 5.69 Å². The quantitative estimate of drug-likeness (QED) is 0.195. The van der Waals surface area contributed by atoms with Crippen LogP contribution in [-0.4, -0.2) is 16.7 Å². The van der Waals surface area contributed by atoms with E-state index in [1.54, 1.807) is 12.5 Å². The summed E-state index contributed by atoms with van der Waals surface area (Å²) in [5.74, 6) is 2.72. The van der Waals surface area contributed by atoms with E-state index in [4.69, 9.17) is 9.15 Å². The summed E-state index contributed by atoms with van der Waals surface area (Å²) in [5.41, 5.74) is 12.5. The van der Waals surface area contributed by atoms with Crippen LogP contribution in [0.3, 0.4) is 0 Å². The molecule has 222 valence electrons. The fourth-order valence-corrected chi connectivity index (χ4v) is 7.28. The normalized spacial score (nSPS) is 15.8. The summed E-state index contributed by atoms with van der Waals surface area (Å²) in [6.07, 6.45) is 8.44. The predicted molar refractivity (Wildman–Crippen MR) is 186 cm³/mol. The number of hydrogen-bond donors (Lipinski definition) is 0. The Morgan fingerprint density at radius 3 is 2.46 bits per heavy atom. The van der Waals surface area contributed by atoms with Crippen LogP contribution >= 0.6 is 0 Å². The van der Waals surface area contributed by atoms with Crippen LogP contribution in [-0.2, 0) is 11.8 Å². The lowest BCUT2D eigenvalue weighted by molar-refractivity contribution is 0.473. The summed E-state index contributed by atoms with van der Waals surface area (Å²) in [6.45, 7) is 6.67. The number of hydrogen-bond acceptors (Lipinski definition) is 5. The average molecular weight is 598 g/mol. The van der Waals surface area contributed by atoms with Crippen molar-refractivity contribution in [3.63, 3.8) is 0 Å². The maximum atomic E-state index is 6.79. The van der Waals surface area contributed by atoms with Crippen LogP contribution in [0.4, 0.5) is 17.1 Å². The van der Waals surface area contributed by atoms with Crippen molar-refractivity contribution in [1.82, 2.24) is 9.97 Å². The molecule has 0 fully saturated rings. The smallest absolute Gasteiger partial charge is 0.301 e. The number of anilines is 3. The molecule has 0 saturated heterocycles. The van der Waals surface area contributed by atoms with E-state index in [1.165, 1.54) is 22.2 Å². The molecule has 0 amide bonds. The first kappa shape index (κ1) is 27.0. The summed E-state index contributed by atoms with van der Waals surface area (Å²) >= 11 is 0. The van der Waals surface area contributed by atoms with E-state index in [0.717, 1.165) is 63.1 Å². The minimum absolute atomic E-state index is 0.0984. The largest absolute Gasteiger partial charge is 0.467 e. The first-order chi connectivity index (χ1) is 22.4.